The fourth-order valence-corrected chi connectivity index (χ4v) is 1.66. The Hall–Kier alpha value is -2.49. The minimum atomic E-state index is -0.359. The van der Waals surface area contributed by atoms with Crippen molar-refractivity contribution in [2.75, 3.05) is 11.1 Å². The number of benzene rings is 2. The van der Waals surface area contributed by atoms with Crippen LogP contribution in [-0.4, -0.2) is 11.0 Å². The number of nitrogens with two attached hydrogens (primary N) is 1. The normalized spacial score (nSPS) is 10.1. The molecule has 4 heteroatoms. The number of nitrogens with one attached hydrogen (secondary N) is 1. The highest BCUT2D eigenvalue weighted by Crippen LogP contribution is 2.22. The lowest BCUT2D eigenvalue weighted by Gasteiger charge is -2.08. The van der Waals surface area contributed by atoms with Crippen LogP contribution < -0.4 is 11.1 Å². The van der Waals surface area contributed by atoms with Gasteiger partial charge >= 0.3 is 0 Å². The first kappa shape index (κ1) is 12.0. The molecule has 0 saturated heterocycles. The van der Waals surface area contributed by atoms with Crippen LogP contribution in [0.25, 0.3) is 0 Å². The molecule has 4 nitrogen and oxygen atoms in total. The van der Waals surface area contributed by atoms with Crippen molar-refractivity contribution in [3.8, 4) is 5.75 Å². The van der Waals surface area contributed by atoms with Crippen LogP contribution in [-0.2, 0) is 0 Å². The predicted molar refractivity (Wildman–Crippen MR) is 71.7 cm³/mol. The second-order valence-corrected chi connectivity index (χ2v) is 4.05. The van der Waals surface area contributed by atoms with E-state index >= 15 is 0 Å². The molecule has 1 amide bonds. The van der Waals surface area contributed by atoms with Crippen LogP contribution in [0.3, 0.4) is 0 Å². The summed E-state index contributed by atoms with van der Waals surface area (Å²) < 4.78 is 0. The molecule has 0 unspecified atom stereocenters. The van der Waals surface area contributed by atoms with Gasteiger partial charge in [0.2, 0.25) is 0 Å². The zero-order chi connectivity index (χ0) is 13.1. The maximum atomic E-state index is 12.0. The SMILES string of the molecule is Cc1cccc(C(=O)Nc2cccc(N)c2)c1O. The van der Waals surface area contributed by atoms with Crippen molar-refractivity contribution < 1.29 is 9.90 Å². The van der Waals surface area contributed by atoms with Crippen LogP contribution in [0.5, 0.6) is 5.75 Å². The van der Waals surface area contributed by atoms with E-state index in [1.54, 1.807) is 49.4 Å². The Morgan fingerprint density at radius 1 is 1.22 bits per heavy atom. The molecule has 0 aliphatic carbocycles. The minimum Gasteiger partial charge on any atom is -0.507 e. The van der Waals surface area contributed by atoms with Crippen molar-refractivity contribution in [3.05, 3.63) is 53.6 Å². The summed E-state index contributed by atoms with van der Waals surface area (Å²) in [5, 5.41) is 12.5. The van der Waals surface area contributed by atoms with Gasteiger partial charge in [0, 0.05) is 11.4 Å². The fourth-order valence-electron chi connectivity index (χ4n) is 1.66. The van der Waals surface area contributed by atoms with Crippen molar-refractivity contribution in [1.29, 1.82) is 0 Å². The molecule has 0 saturated carbocycles. The number of hydrogen-bond acceptors (Lipinski definition) is 3. The molecule has 0 radical (unpaired) electrons. The quantitative estimate of drug-likeness (QED) is 0.708. The molecule has 0 aliphatic rings. The third-order valence-electron chi connectivity index (χ3n) is 2.63. The second-order valence-electron chi connectivity index (χ2n) is 4.05. The molecule has 0 aliphatic heterocycles. The largest absolute Gasteiger partial charge is 0.507 e. The van der Waals surface area contributed by atoms with Gasteiger partial charge in [-0.05, 0) is 36.8 Å². The van der Waals surface area contributed by atoms with Gasteiger partial charge < -0.3 is 16.2 Å². The van der Waals surface area contributed by atoms with Crippen molar-refractivity contribution in [1.82, 2.24) is 0 Å². The number of phenols is 1. The lowest BCUT2D eigenvalue weighted by atomic mass is 10.1. The van der Waals surface area contributed by atoms with Crippen LogP contribution in [0.15, 0.2) is 42.5 Å². The van der Waals surface area contributed by atoms with Crippen molar-refractivity contribution in [2.24, 2.45) is 0 Å². The van der Waals surface area contributed by atoms with Gasteiger partial charge in [0.15, 0.2) is 0 Å². The zero-order valence-corrected chi connectivity index (χ0v) is 9.97. The van der Waals surface area contributed by atoms with Crippen LogP contribution >= 0.6 is 0 Å². The van der Waals surface area contributed by atoms with Gasteiger partial charge in [-0.15, -0.1) is 0 Å². The van der Waals surface area contributed by atoms with Gasteiger partial charge in [-0.2, -0.15) is 0 Å². The Kier molecular flexibility index (Phi) is 3.19. The first-order valence-corrected chi connectivity index (χ1v) is 5.53. The highest BCUT2D eigenvalue weighted by atomic mass is 16.3. The number of amides is 1. The zero-order valence-electron chi connectivity index (χ0n) is 9.97. The van der Waals surface area contributed by atoms with Crippen LogP contribution in [0.2, 0.25) is 0 Å². The Morgan fingerprint density at radius 2 is 1.94 bits per heavy atom. The molecule has 0 spiro atoms. The molecule has 2 aromatic carbocycles. The van der Waals surface area contributed by atoms with Gasteiger partial charge in [0.05, 0.1) is 5.56 Å². The minimum absolute atomic E-state index is 0.00102. The van der Waals surface area contributed by atoms with Gasteiger partial charge in [-0.3, -0.25) is 4.79 Å². The summed E-state index contributed by atoms with van der Waals surface area (Å²) in [6.07, 6.45) is 0. The Bertz CT molecular complexity index is 594. The molecule has 2 aromatic rings. The molecular weight excluding hydrogens is 228 g/mol. The third kappa shape index (κ3) is 2.43. The summed E-state index contributed by atoms with van der Waals surface area (Å²) in [6.45, 7) is 1.74. The number of nitrogen functional groups attached to an aromatic ring is 1. The summed E-state index contributed by atoms with van der Waals surface area (Å²) in [7, 11) is 0. The van der Waals surface area contributed by atoms with Gasteiger partial charge in [-0.1, -0.05) is 18.2 Å². The van der Waals surface area contributed by atoms with Crippen LogP contribution in [0.4, 0.5) is 11.4 Å². The van der Waals surface area contributed by atoms with E-state index in [4.69, 9.17) is 5.73 Å². The summed E-state index contributed by atoms with van der Waals surface area (Å²) in [6, 6.07) is 11.9. The van der Waals surface area contributed by atoms with E-state index in [1.807, 2.05) is 0 Å². The summed E-state index contributed by atoms with van der Waals surface area (Å²) in [5.41, 5.74) is 7.70. The van der Waals surface area contributed by atoms with E-state index in [2.05, 4.69) is 5.32 Å². The van der Waals surface area contributed by atoms with E-state index in [9.17, 15) is 9.90 Å². The number of aryl methyl sites for hydroxylation is 1. The smallest absolute Gasteiger partial charge is 0.259 e. The topological polar surface area (TPSA) is 75.4 Å². The highest BCUT2D eigenvalue weighted by Gasteiger charge is 2.12. The monoisotopic (exact) mass is 242 g/mol. The average Bonchev–Trinajstić information content (AvgIpc) is 2.32. The number of aromatic hydroxyl groups is 1. The Balaban J connectivity index is 2.25. The van der Waals surface area contributed by atoms with E-state index < -0.39 is 0 Å². The average molecular weight is 242 g/mol. The van der Waals surface area contributed by atoms with E-state index in [0.717, 1.165) is 0 Å². The lowest BCUT2D eigenvalue weighted by Crippen LogP contribution is -2.12. The molecule has 0 atom stereocenters. The van der Waals surface area contributed by atoms with Crippen molar-refractivity contribution in [2.45, 2.75) is 6.92 Å². The number of anilines is 2. The highest BCUT2D eigenvalue weighted by molar-refractivity contribution is 6.06. The summed E-state index contributed by atoms with van der Waals surface area (Å²) in [4.78, 5) is 12.0. The van der Waals surface area contributed by atoms with Gasteiger partial charge in [-0.25, -0.2) is 0 Å². The first-order chi connectivity index (χ1) is 8.58. The lowest BCUT2D eigenvalue weighted by molar-refractivity contribution is 0.102. The number of phenolic OH excluding ortho intramolecular Hbond substituents is 1. The second kappa shape index (κ2) is 4.79. The fraction of sp³-hybridized carbons (Fsp3) is 0.0714. The summed E-state index contributed by atoms with van der Waals surface area (Å²) in [5.74, 6) is -0.360. The number of carbonyl (C=O) groups excluding carboxylic acids is 1. The summed E-state index contributed by atoms with van der Waals surface area (Å²) >= 11 is 0. The predicted octanol–water partition coefficient (Wildman–Crippen LogP) is 2.54. The van der Waals surface area contributed by atoms with E-state index in [0.29, 0.717) is 16.9 Å². The molecule has 0 bridgehead atoms. The molecule has 4 N–H and O–H groups in total. The molecule has 0 aromatic heterocycles. The molecular formula is C14H14N2O2. The van der Waals surface area contributed by atoms with Crippen LogP contribution in [0.1, 0.15) is 15.9 Å². The number of para-hydroxylation sites is 1. The third-order valence-corrected chi connectivity index (χ3v) is 2.63. The molecule has 0 heterocycles. The van der Waals surface area contributed by atoms with Crippen LogP contribution in [0, 0.1) is 6.92 Å². The number of carbonyl (C=O) groups is 1. The molecule has 0 fully saturated rings. The maximum Gasteiger partial charge on any atom is 0.259 e. The van der Waals surface area contributed by atoms with Crippen molar-refractivity contribution in [3.63, 3.8) is 0 Å². The number of rotatable bonds is 2. The standard InChI is InChI=1S/C14H14N2O2/c1-9-4-2-7-12(13(9)17)14(18)16-11-6-3-5-10(15)8-11/h2-8,17H,15H2,1H3,(H,16,18). The van der Waals surface area contributed by atoms with E-state index in [-0.39, 0.29) is 17.2 Å². The Labute approximate surface area is 105 Å². The van der Waals surface area contributed by atoms with Gasteiger partial charge in [0.1, 0.15) is 5.75 Å². The van der Waals surface area contributed by atoms with Crippen molar-refractivity contribution >= 4 is 17.3 Å². The Morgan fingerprint density at radius 3 is 2.67 bits per heavy atom. The number of hydrogen-bond donors (Lipinski definition) is 3. The molecule has 2 rings (SSSR count). The van der Waals surface area contributed by atoms with Gasteiger partial charge in [0.25, 0.3) is 5.91 Å². The molecule has 92 valence electrons. The maximum absolute atomic E-state index is 12.0. The first-order valence-electron chi connectivity index (χ1n) is 5.53. The van der Waals surface area contributed by atoms with E-state index in [1.165, 1.54) is 0 Å². The molecule has 18 heavy (non-hydrogen) atoms.